The van der Waals surface area contributed by atoms with Gasteiger partial charge in [-0.15, -0.1) is 0 Å². The maximum absolute atomic E-state index is 12.6. The van der Waals surface area contributed by atoms with E-state index in [1.807, 2.05) is 0 Å². The Morgan fingerprint density at radius 1 is 0.773 bits per heavy atom. The van der Waals surface area contributed by atoms with Crippen LogP contribution >= 0.6 is 10.5 Å². The van der Waals surface area contributed by atoms with E-state index in [4.69, 9.17) is 0 Å². The molecule has 0 spiro atoms. The van der Waals surface area contributed by atoms with Crippen molar-refractivity contribution in [2.45, 2.75) is 17.8 Å². The summed E-state index contributed by atoms with van der Waals surface area (Å²) in [6.45, 7) is 0. The van der Waals surface area contributed by atoms with Gasteiger partial charge in [-0.25, -0.2) is 4.79 Å². The number of alkyl halides is 6. The Hall–Kier alpha value is -1.39. The summed E-state index contributed by atoms with van der Waals surface area (Å²) in [5.74, 6) is -25.6. The van der Waals surface area contributed by atoms with Crippen LogP contribution in [0.15, 0.2) is 0 Å². The normalized spacial score (nSPS) is 17.5. The molecule has 0 fully saturated rings. The first-order valence-electron chi connectivity index (χ1n) is 4.04. The molecule has 0 aromatic heterocycles. The number of hydrogen-bond acceptors (Lipinski definition) is 4. The number of rotatable bonds is 6. The van der Waals surface area contributed by atoms with Crippen molar-refractivity contribution < 1.29 is 69.0 Å². The molecule has 134 valence electrons. The summed E-state index contributed by atoms with van der Waals surface area (Å²) in [6, 6.07) is -4.39. The minimum atomic E-state index is -11.2. The molecule has 0 bridgehead atoms. The second-order valence-electron chi connectivity index (χ2n) is 3.33. The van der Waals surface area contributed by atoms with Gasteiger partial charge in [-0.2, -0.15) is 30.7 Å². The van der Waals surface area contributed by atoms with E-state index < -0.39 is 40.3 Å². The predicted molar refractivity (Wildman–Crippen MR) is 41.3 cm³/mol. The molecule has 22 heavy (non-hydrogen) atoms. The van der Waals surface area contributed by atoms with Gasteiger partial charge in [-0.3, -0.25) is 9.68 Å². The van der Waals surface area contributed by atoms with Crippen molar-refractivity contribution in [1.82, 2.24) is 0 Å². The molecule has 0 aromatic rings. The highest BCUT2D eigenvalue weighted by Crippen LogP contribution is 2.98. The molecule has 0 N–H and O–H groups in total. The Bertz CT molecular complexity index is 493. The molecular weight excluding hydrogens is 384 g/mol. The zero-order chi connectivity index (χ0) is 18.5. The SMILES string of the molecule is O=C(F)C(F)(F)C(F)(F)C(F)(F)C(=O)OOS(F)(F)(F)(F)F. The van der Waals surface area contributed by atoms with E-state index in [0.29, 0.717) is 0 Å². The average molecular weight is 384 g/mol. The first kappa shape index (κ1) is 20.6. The van der Waals surface area contributed by atoms with Crippen LogP contribution in [0, 0.1) is 0 Å². The lowest BCUT2D eigenvalue weighted by molar-refractivity contribution is -0.316. The van der Waals surface area contributed by atoms with Crippen LogP contribution in [-0.2, 0) is 18.8 Å². The lowest BCUT2D eigenvalue weighted by atomic mass is 10.1. The van der Waals surface area contributed by atoms with Crippen molar-refractivity contribution >= 4 is 22.5 Å². The Morgan fingerprint density at radius 3 is 1.41 bits per heavy atom. The summed E-state index contributed by atoms with van der Waals surface area (Å²) in [4.78, 5) is 21.3. The first-order valence-corrected chi connectivity index (χ1v) is 5.92. The molecular formula is C5F12O4S. The Labute approximate surface area is 110 Å². The van der Waals surface area contributed by atoms with Gasteiger partial charge in [0.1, 0.15) is 0 Å². The Balaban J connectivity index is 5.50. The monoisotopic (exact) mass is 384 g/mol. The van der Waals surface area contributed by atoms with E-state index in [2.05, 4.69) is 0 Å². The maximum atomic E-state index is 12.6. The maximum Gasteiger partial charge on any atom is 0.430 e. The Kier molecular flexibility index (Phi) is 4.06. The van der Waals surface area contributed by atoms with Crippen LogP contribution in [-0.4, -0.2) is 29.8 Å². The van der Waals surface area contributed by atoms with E-state index in [1.165, 1.54) is 0 Å². The molecule has 0 unspecified atom stereocenters. The second-order valence-corrected chi connectivity index (χ2v) is 5.27. The average Bonchev–Trinajstić information content (AvgIpc) is 2.22. The number of carbonyl (C=O) groups is 2. The summed E-state index contributed by atoms with van der Waals surface area (Å²) in [5, 5.41) is 0. The third kappa shape index (κ3) is 4.31. The molecule has 0 aliphatic rings. The summed E-state index contributed by atoms with van der Waals surface area (Å²) in [7, 11) is -11.2. The molecule has 0 rings (SSSR count). The third-order valence-electron chi connectivity index (χ3n) is 1.53. The number of halogens is 12. The fourth-order valence-corrected chi connectivity index (χ4v) is 0.787. The molecule has 17 heteroatoms. The van der Waals surface area contributed by atoms with Crippen LogP contribution in [0.4, 0.5) is 50.2 Å². The van der Waals surface area contributed by atoms with Crippen molar-refractivity contribution in [2.24, 2.45) is 0 Å². The van der Waals surface area contributed by atoms with E-state index in [1.54, 1.807) is 4.89 Å². The highest BCUT2D eigenvalue weighted by molar-refractivity contribution is 8.42. The standard InChI is InChI=1S/C5F12O4S/c6-1(18)3(7,8)5(11,12)4(9,10)2(19)20-21-22(13,14,15,16)17. The van der Waals surface area contributed by atoms with Gasteiger partial charge in [0.2, 0.25) is 0 Å². The molecule has 0 atom stereocenters. The molecule has 0 saturated carbocycles. The quantitative estimate of drug-likeness (QED) is 0.300. The van der Waals surface area contributed by atoms with Gasteiger partial charge < -0.3 is 0 Å². The van der Waals surface area contributed by atoms with Gasteiger partial charge in [0.05, 0.1) is 0 Å². The van der Waals surface area contributed by atoms with E-state index in [9.17, 15) is 59.8 Å². The summed E-state index contributed by atoms with van der Waals surface area (Å²) < 4.78 is 145. The molecule has 0 aliphatic heterocycles. The van der Waals surface area contributed by atoms with Crippen LogP contribution in [0.25, 0.3) is 0 Å². The van der Waals surface area contributed by atoms with E-state index in [-0.39, 0.29) is 0 Å². The van der Waals surface area contributed by atoms with Gasteiger partial charge in [0.15, 0.2) is 0 Å². The molecule has 0 amide bonds. The van der Waals surface area contributed by atoms with Crippen molar-refractivity contribution in [2.75, 3.05) is 0 Å². The third-order valence-corrected chi connectivity index (χ3v) is 1.86. The van der Waals surface area contributed by atoms with Crippen molar-refractivity contribution in [3.63, 3.8) is 0 Å². The van der Waals surface area contributed by atoms with Gasteiger partial charge >= 0.3 is 40.3 Å². The summed E-state index contributed by atoms with van der Waals surface area (Å²) >= 11 is 0. The highest BCUT2D eigenvalue weighted by Gasteiger charge is 2.80. The van der Waals surface area contributed by atoms with Crippen LogP contribution in [0.2, 0.25) is 0 Å². The summed E-state index contributed by atoms with van der Waals surface area (Å²) in [5.41, 5.74) is 0. The van der Waals surface area contributed by atoms with Gasteiger partial charge in [0, 0.05) is 0 Å². The second kappa shape index (κ2) is 4.33. The molecule has 0 saturated heterocycles. The minimum Gasteiger partial charge on any atom is -0.272 e. The van der Waals surface area contributed by atoms with Gasteiger partial charge in [0.25, 0.3) is 0 Å². The van der Waals surface area contributed by atoms with Crippen molar-refractivity contribution in [3.05, 3.63) is 0 Å². The summed E-state index contributed by atoms with van der Waals surface area (Å²) in [6.07, 6.45) is 0. The van der Waals surface area contributed by atoms with E-state index >= 15 is 0 Å². The predicted octanol–water partition coefficient (Wildman–Crippen LogP) is 4.08. The van der Waals surface area contributed by atoms with E-state index in [0.717, 1.165) is 4.33 Å². The van der Waals surface area contributed by atoms with Crippen LogP contribution in [0.3, 0.4) is 0 Å². The molecule has 4 nitrogen and oxygen atoms in total. The van der Waals surface area contributed by atoms with Crippen LogP contribution in [0.1, 0.15) is 0 Å². The number of hydrogen-bond donors (Lipinski definition) is 0. The lowest BCUT2D eigenvalue weighted by Crippen LogP contribution is -2.60. The smallest absolute Gasteiger partial charge is 0.272 e. The topological polar surface area (TPSA) is 52.6 Å². The van der Waals surface area contributed by atoms with Crippen molar-refractivity contribution in [1.29, 1.82) is 0 Å². The van der Waals surface area contributed by atoms with Gasteiger partial charge in [-0.05, 0) is 4.33 Å². The highest BCUT2D eigenvalue weighted by atomic mass is 32.5. The van der Waals surface area contributed by atoms with Gasteiger partial charge in [-0.1, -0.05) is 19.4 Å². The molecule has 0 heterocycles. The zero-order valence-corrected chi connectivity index (χ0v) is 9.89. The number of carbonyl (C=O) groups excluding carboxylic acids is 2. The lowest BCUT2D eigenvalue weighted by Gasteiger charge is -2.36. The minimum absolute atomic E-state index is 1.12. The molecule has 0 aromatic carbocycles. The molecule has 0 radical (unpaired) electrons. The fourth-order valence-electron chi connectivity index (χ4n) is 0.596. The largest absolute Gasteiger partial charge is 0.430 e. The zero-order valence-electron chi connectivity index (χ0n) is 9.08. The van der Waals surface area contributed by atoms with Crippen LogP contribution in [0.5, 0.6) is 0 Å². The van der Waals surface area contributed by atoms with Crippen molar-refractivity contribution in [3.8, 4) is 0 Å². The first-order chi connectivity index (χ1) is 9.05. The van der Waals surface area contributed by atoms with Crippen LogP contribution < -0.4 is 0 Å². The fraction of sp³-hybridized carbons (Fsp3) is 0.600. The Morgan fingerprint density at radius 2 is 1.14 bits per heavy atom. The molecule has 0 aliphatic carbocycles.